The van der Waals surface area contributed by atoms with Gasteiger partial charge in [0, 0.05) is 0 Å². The summed E-state index contributed by atoms with van der Waals surface area (Å²) in [5, 5.41) is 0. The van der Waals surface area contributed by atoms with Gasteiger partial charge in [-0.3, -0.25) is 4.79 Å². The highest BCUT2D eigenvalue weighted by Gasteiger charge is 2.21. The fraction of sp³-hybridized carbons (Fsp3) is 0.480. The van der Waals surface area contributed by atoms with Gasteiger partial charge in [0.2, 0.25) is 0 Å². The molecule has 0 bridgehead atoms. The molecule has 0 saturated heterocycles. The minimum absolute atomic E-state index is 0.421. The number of carbonyl (C=O) groups is 1. The van der Waals surface area contributed by atoms with Crippen LogP contribution in [0.2, 0.25) is 0 Å². The molecule has 0 aromatic heterocycles. The van der Waals surface area contributed by atoms with Crippen LogP contribution in [-0.2, 0) is 9.53 Å². The maximum absolute atomic E-state index is 12.2. The van der Waals surface area contributed by atoms with E-state index in [-0.39, 0.29) is 0 Å². The summed E-state index contributed by atoms with van der Waals surface area (Å²) in [4.78, 5) is 12.2. The van der Waals surface area contributed by atoms with Gasteiger partial charge in [-0.25, -0.2) is 0 Å². The summed E-state index contributed by atoms with van der Waals surface area (Å²) >= 11 is 0. The third kappa shape index (κ3) is 8.17. The van der Waals surface area contributed by atoms with Gasteiger partial charge >= 0.3 is 5.97 Å². The lowest BCUT2D eigenvalue weighted by Crippen LogP contribution is -2.35. The Balaban J connectivity index is 1.97. The van der Waals surface area contributed by atoms with Gasteiger partial charge in [-0.05, 0) is 56.4 Å². The first-order chi connectivity index (χ1) is 14.2. The first-order valence-electron chi connectivity index (χ1n) is 10.7. The molecule has 0 aliphatic heterocycles. The normalized spacial score (nSPS) is 13.5. The Labute approximate surface area is 181 Å². The number of rotatable bonds is 11. The van der Waals surface area contributed by atoms with Gasteiger partial charge in [0.15, 0.2) is 6.10 Å². The quantitative estimate of drug-likeness (QED) is 0.340. The molecule has 0 heterocycles. The molecule has 0 fully saturated rings. The summed E-state index contributed by atoms with van der Waals surface area (Å²) in [6.45, 7) is 5.54. The third-order valence-corrected chi connectivity index (χ3v) is 4.91. The molecule has 2 aromatic rings. The zero-order valence-electron chi connectivity index (χ0n) is 19.1. The van der Waals surface area contributed by atoms with Crippen LogP contribution in [0.15, 0.2) is 48.5 Å². The first-order valence-corrected chi connectivity index (χ1v) is 10.7. The molecule has 0 spiro atoms. The number of hydrogen-bond donors (Lipinski definition) is 1. The zero-order valence-corrected chi connectivity index (χ0v) is 19.1. The number of esters is 1. The van der Waals surface area contributed by atoms with Crippen molar-refractivity contribution >= 4 is 5.97 Å². The number of ether oxygens (including phenoxy) is 2. The molecule has 2 atom stereocenters. The molecule has 5 nitrogen and oxygen atoms in total. The van der Waals surface area contributed by atoms with E-state index in [0.29, 0.717) is 6.61 Å². The number of unbranched alkanes of at least 4 members (excludes halogenated alkanes) is 2. The van der Waals surface area contributed by atoms with E-state index in [9.17, 15) is 4.79 Å². The molecule has 2 N–H and O–H groups in total. The molecule has 0 aliphatic carbocycles. The lowest BCUT2D eigenvalue weighted by atomic mass is 10.00. The predicted octanol–water partition coefficient (Wildman–Crippen LogP) is 4.23. The molecule has 2 rings (SSSR count). The van der Waals surface area contributed by atoms with Crippen molar-refractivity contribution in [3.63, 3.8) is 0 Å². The number of quaternary nitrogens is 1. The molecule has 5 heteroatoms. The fourth-order valence-corrected chi connectivity index (χ4v) is 3.09. The molecule has 0 saturated carbocycles. The molecule has 2 unspecified atom stereocenters. The van der Waals surface area contributed by atoms with Gasteiger partial charge in [-0.2, -0.15) is 0 Å². The highest BCUT2D eigenvalue weighted by Crippen LogP contribution is 2.28. The van der Waals surface area contributed by atoms with Crippen molar-refractivity contribution in [3.8, 4) is 5.75 Å². The van der Waals surface area contributed by atoms with Gasteiger partial charge in [0.1, 0.15) is 11.8 Å². The van der Waals surface area contributed by atoms with Crippen LogP contribution in [0.3, 0.4) is 0 Å². The number of carbonyl (C=O) groups excluding carboxylic acids is 1. The smallest absolute Gasteiger partial charge is 0.323 e. The largest absolute Gasteiger partial charge is 0.494 e. The standard InChI is InChI=1S/C25H37N2O3/c1-19-9-11-21(12-10-19)24(30-25(28)20(2)26)22-13-15-23(16-14-22)29-18-8-6-7-17-27(3,4)5/h9-16,20,24H,6-8,17-18,26H2,1-5H3/q+1. The Morgan fingerprint density at radius 3 is 2.03 bits per heavy atom. The summed E-state index contributed by atoms with van der Waals surface area (Å²) < 4.78 is 12.6. The number of aryl methyl sites for hydroxylation is 1. The van der Waals surface area contributed by atoms with Gasteiger partial charge in [0.25, 0.3) is 0 Å². The topological polar surface area (TPSA) is 61.5 Å². The average Bonchev–Trinajstić information content (AvgIpc) is 2.69. The number of nitrogens with two attached hydrogens (primary N) is 1. The lowest BCUT2D eigenvalue weighted by Gasteiger charge is -2.23. The molecule has 30 heavy (non-hydrogen) atoms. The minimum Gasteiger partial charge on any atom is -0.494 e. The maximum atomic E-state index is 12.2. The van der Waals surface area contributed by atoms with Crippen molar-refractivity contribution in [2.75, 3.05) is 34.3 Å². The fourth-order valence-electron chi connectivity index (χ4n) is 3.09. The molecular weight excluding hydrogens is 376 g/mol. The number of hydrogen-bond acceptors (Lipinski definition) is 4. The van der Waals surface area contributed by atoms with Crippen LogP contribution in [0.5, 0.6) is 5.75 Å². The van der Waals surface area contributed by atoms with Gasteiger partial charge in [-0.1, -0.05) is 42.0 Å². The van der Waals surface area contributed by atoms with E-state index in [4.69, 9.17) is 15.2 Å². The number of nitrogens with zero attached hydrogens (tertiary/aromatic N) is 1. The van der Waals surface area contributed by atoms with Crippen LogP contribution in [0.1, 0.15) is 49.0 Å². The van der Waals surface area contributed by atoms with Crippen LogP contribution in [-0.4, -0.2) is 50.8 Å². The number of benzene rings is 2. The Kier molecular flexibility index (Phi) is 8.88. The van der Waals surface area contributed by atoms with Gasteiger partial charge < -0.3 is 19.7 Å². The molecule has 2 aromatic carbocycles. The minimum atomic E-state index is -0.669. The molecular formula is C25H37N2O3+. The summed E-state index contributed by atoms with van der Waals surface area (Å²) in [5.74, 6) is 0.404. The third-order valence-electron chi connectivity index (χ3n) is 4.91. The second-order valence-electron chi connectivity index (χ2n) is 9.01. The monoisotopic (exact) mass is 413 g/mol. The van der Waals surface area contributed by atoms with E-state index in [0.717, 1.165) is 39.8 Å². The molecule has 0 radical (unpaired) electrons. The van der Waals surface area contributed by atoms with E-state index < -0.39 is 18.1 Å². The second-order valence-corrected chi connectivity index (χ2v) is 9.01. The van der Waals surface area contributed by atoms with Crippen molar-refractivity contribution in [1.29, 1.82) is 0 Å². The predicted molar refractivity (Wildman–Crippen MR) is 121 cm³/mol. The van der Waals surface area contributed by atoms with E-state index in [1.54, 1.807) is 6.92 Å². The van der Waals surface area contributed by atoms with Crippen molar-refractivity contribution < 1.29 is 18.8 Å². The Hall–Kier alpha value is -2.37. The van der Waals surface area contributed by atoms with Crippen LogP contribution in [0.25, 0.3) is 0 Å². The Bertz CT molecular complexity index is 778. The Morgan fingerprint density at radius 2 is 1.50 bits per heavy atom. The van der Waals surface area contributed by atoms with Crippen molar-refractivity contribution in [1.82, 2.24) is 0 Å². The summed E-state index contributed by atoms with van der Waals surface area (Å²) in [5.41, 5.74) is 8.67. The van der Waals surface area contributed by atoms with Crippen LogP contribution in [0.4, 0.5) is 0 Å². The summed E-state index contributed by atoms with van der Waals surface area (Å²) in [6.07, 6.45) is 2.92. The lowest BCUT2D eigenvalue weighted by molar-refractivity contribution is -0.870. The van der Waals surface area contributed by atoms with Crippen molar-refractivity contribution in [2.45, 2.75) is 45.3 Å². The van der Waals surface area contributed by atoms with E-state index in [1.807, 2.05) is 55.5 Å². The Morgan fingerprint density at radius 1 is 0.933 bits per heavy atom. The summed E-state index contributed by atoms with van der Waals surface area (Å²) in [6, 6.07) is 15.1. The van der Waals surface area contributed by atoms with Crippen LogP contribution < -0.4 is 10.5 Å². The van der Waals surface area contributed by atoms with E-state index in [2.05, 4.69) is 21.1 Å². The first kappa shape index (κ1) is 23.9. The van der Waals surface area contributed by atoms with Gasteiger partial charge in [-0.15, -0.1) is 0 Å². The van der Waals surface area contributed by atoms with E-state index >= 15 is 0 Å². The maximum Gasteiger partial charge on any atom is 0.323 e. The van der Waals surface area contributed by atoms with Gasteiger partial charge in [0.05, 0.1) is 34.3 Å². The average molecular weight is 414 g/mol. The molecule has 0 amide bonds. The SMILES string of the molecule is Cc1ccc(C(OC(=O)C(C)N)c2ccc(OCCCCC[N+](C)(C)C)cc2)cc1. The second kappa shape index (κ2) is 11.1. The van der Waals surface area contributed by atoms with Crippen molar-refractivity contribution in [3.05, 3.63) is 65.2 Å². The van der Waals surface area contributed by atoms with Crippen molar-refractivity contribution in [2.24, 2.45) is 5.73 Å². The van der Waals surface area contributed by atoms with E-state index in [1.165, 1.54) is 13.0 Å². The van der Waals surface area contributed by atoms with Crippen LogP contribution in [0, 0.1) is 6.92 Å². The summed E-state index contributed by atoms with van der Waals surface area (Å²) in [7, 11) is 6.65. The molecule has 164 valence electrons. The highest BCUT2D eigenvalue weighted by molar-refractivity contribution is 5.75. The van der Waals surface area contributed by atoms with Crippen LogP contribution >= 0.6 is 0 Å². The zero-order chi connectivity index (χ0) is 22.1. The highest BCUT2D eigenvalue weighted by atomic mass is 16.5. The molecule has 0 aliphatic rings.